The van der Waals surface area contributed by atoms with Crippen molar-refractivity contribution in [2.75, 3.05) is 18.9 Å². The first kappa shape index (κ1) is 13.4. The zero-order valence-corrected chi connectivity index (χ0v) is 9.08. The molecule has 4 nitrogen and oxygen atoms in total. The molecule has 0 unspecified atom stereocenters. The summed E-state index contributed by atoms with van der Waals surface area (Å²) in [4.78, 5) is 11.4. The zero-order chi connectivity index (χ0) is 12.8. The highest BCUT2D eigenvalue weighted by Gasteiger charge is 2.16. The van der Waals surface area contributed by atoms with Crippen molar-refractivity contribution in [2.24, 2.45) is 0 Å². The number of aliphatic hydroxyl groups is 1. The highest BCUT2D eigenvalue weighted by Crippen LogP contribution is 2.17. The molecule has 1 aromatic carbocycles. The first-order valence-electron chi connectivity index (χ1n) is 5.08. The Labute approximate surface area is 97.0 Å². The van der Waals surface area contributed by atoms with Gasteiger partial charge in [0.15, 0.2) is 0 Å². The second-order valence-corrected chi connectivity index (χ2v) is 3.42. The number of hydrogen-bond acceptors (Lipinski definition) is 4. The molecule has 0 aliphatic heterocycles. The van der Waals surface area contributed by atoms with E-state index in [0.717, 1.165) is 6.07 Å². The van der Waals surface area contributed by atoms with E-state index in [0.29, 0.717) is 18.9 Å². The van der Waals surface area contributed by atoms with Crippen LogP contribution >= 0.6 is 0 Å². The summed E-state index contributed by atoms with van der Waals surface area (Å²) >= 11 is 0. The van der Waals surface area contributed by atoms with Crippen LogP contribution in [0.15, 0.2) is 12.1 Å². The van der Waals surface area contributed by atoms with E-state index >= 15 is 0 Å². The topological polar surface area (TPSA) is 72.6 Å². The van der Waals surface area contributed by atoms with E-state index in [2.05, 4.69) is 0 Å². The van der Waals surface area contributed by atoms with Crippen LogP contribution in [0.5, 0.6) is 0 Å². The molecule has 17 heavy (non-hydrogen) atoms. The third kappa shape index (κ3) is 3.67. The lowest BCUT2D eigenvalue weighted by atomic mass is 10.2. The van der Waals surface area contributed by atoms with E-state index in [-0.39, 0.29) is 18.9 Å². The van der Waals surface area contributed by atoms with E-state index in [4.69, 9.17) is 15.6 Å². The van der Waals surface area contributed by atoms with Crippen molar-refractivity contribution in [3.63, 3.8) is 0 Å². The predicted molar refractivity (Wildman–Crippen MR) is 57.4 cm³/mol. The maximum Gasteiger partial charge on any atom is 0.341 e. The average molecular weight is 245 g/mol. The summed E-state index contributed by atoms with van der Waals surface area (Å²) in [6, 6.07) is 1.44. The van der Waals surface area contributed by atoms with E-state index in [1.807, 2.05) is 0 Å². The van der Waals surface area contributed by atoms with Crippen molar-refractivity contribution in [2.45, 2.75) is 12.8 Å². The van der Waals surface area contributed by atoms with Gasteiger partial charge in [-0.05, 0) is 18.9 Å². The highest BCUT2D eigenvalue weighted by atomic mass is 19.1. The van der Waals surface area contributed by atoms with Gasteiger partial charge in [0.1, 0.15) is 11.6 Å². The lowest BCUT2D eigenvalue weighted by Crippen LogP contribution is -2.10. The fourth-order valence-corrected chi connectivity index (χ4v) is 1.18. The molecule has 0 saturated carbocycles. The number of nitrogens with two attached hydrogens (primary N) is 1. The monoisotopic (exact) mass is 245 g/mol. The van der Waals surface area contributed by atoms with Gasteiger partial charge in [0, 0.05) is 12.7 Å². The van der Waals surface area contributed by atoms with Crippen LogP contribution in [0.3, 0.4) is 0 Å². The third-order valence-corrected chi connectivity index (χ3v) is 2.09. The fraction of sp³-hybridized carbons (Fsp3) is 0.364. The van der Waals surface area contributed by atoms with Gasteiger partial charge in [-0.25, -0.2) is 13.6 Å². The minimum absolute atomic E-state index is 0.0115. The number of unbranched alkanes of at least 4 members (excludes halogenated alkanes) is 1. The molecule has 0 saturated heterocycles. The largest absolute Gasteiger partial charge is 0.462 e. The number of hydrogen-bond donors (Lipinski definition) is 2. The average Bonchev–Trinajstić information content (AvgIpc) is 2.29. The Morgan fingerprint density at radius 1 is 1.29 bits per heavy atom. The molecule has 1 aromatic rings. The molecule has 94 valence electrons. The van der Waals surface area contributed by atoms with Crippen molar-refractivity contribution in [3.8, 4) is 0 Å². The van der Waals surface area contributed by atoms with E-state index in [1.165, 1.54) is 0 Å². The zero-order valence-electron chi connectivity index (χ0n) is 9.08. The van der Waals surface area contributed by atoms with Gasteiger partial charge in [-0.1, -0.05) is 0 Å². The van der Waals surface area contributed by atoms with Gasteiger partial charge < -0.3 is 15.6 Å². The van der Waals surface area contributed by atoms with Crippen molar-refractivity contribution >= 4 is 11.7 Å². The molecule has 3 N–H and O–H groups in total. The normalized spacial score (nSPS) is 10.3. The Morgan fingerprint density at radius 2 is 2.00 bits per heavy atom. The third-order valence-electron chi connectivity index (χ3n) is 2.09. The lowest BCUT2D eigenvalue weighted by molar-refractivity contribution is 0.0487. The standard InChI is InChI=1S/C11H13F2NO3/c12-8-6-10(14)9(13)5-7(8)11(16)17-4-2-1-3-15/h5-6,15H,1-4,14H2. The molecular formula is C11H13F2NO3. The molecule has 6 heteroatoms. The first-order valence-corrected chi connectivity index (χ1v) is 5.08. The van der Waals surface area contributed by atoms with Crippen molar-refractivity contribution < 1.29 is 23.4 Å². The molecule has 0 heterocycles. The van der Waals surface area contributed by atoms with Crippen LogP contribution in [0.4, 0.5) is 14.5 Å². The highest BCUT2D eigenvalue weighted by molar-refractivity contribution is 5.90. The lowest BCUT2D eigenvalue weighted by Gasteiger charge is -2.06. The molecule has 0 amide bonds. The number of esters is 1. The number of aliphatic hydroxyl groups excluding tert-OH is 1. The van der Waals surface area contributed by atoms with Gasteiger partial charge in [-0.3, -0.25) is 0 Å². The van der Waals surface area contributed by atoms with Crippen molar-refractivity contribution in [1.29, 1.82) is 0 Å². The fourth-order valence-electron chi connectivity index (χ4n) is 1.18. The Kier molecular flexibility index (Phi) is 4.84. The number of ether oxygens (including phenoxy) is 1. The first-order chi connectivity index (χ1) is 8.06. The molecule has 0 spiro atoms. The van der Waals surface area contributed by atoms with Crippen LogP contribution < -0.4 is 5.73 Å². The second-order valence-electron chi connectivity index (χ2n) is 3.42. The summed E-state index contributed by atoms with van der Waals surface area (Å²) in [7, 11) is 0. The van der Waals surface area contributed by atoms with Crippen molar-refractivity contribution in [1.82, 2.24) is 0 Å². The van der Waals surface area contributed by atoms with Gasteiger partial charge in [0.05, 0.1) is 17.9 Å². The number of halogens is 2. The molecule has 0 aliphatic carbocycles. The van der Waals surface area contributed by atoms with Crippen molar-refractivity contribution in [3.05, 3.63) is 29.3 Å². The molecular weight excluding hydrogens is 232 g/mol. The predicted octanol–water partition coefficient (Wildman–Crippen LogP) is 1.48. The molecule has 0 atom stereocenters. The molecule has 0 aromatic heterocycles. The molecule has 0 fully saturated rings. The quantitative estimate of drug-likeness (QED) is 0.468. The van der Waals surface area contributed by atoms with Crippen LogP contribution in [0, 0.1) is 11.6 Å². The summed E-state index contributed by atoms with van der Waals surface area (Å²) in [6.07, 6.45) is 0.938. The summed E-state index contributed by atoms with van der Waals surface area (Å²) < 4.78 is 31.0. The van der Waals surface area contributed by atoms with Crippen LogP contribution in [-0.2, 0) is 4.74 Å². The molecule has 0 radical (unpaired) electrons. The number of anilines is 1. The SMILES string of the molecule is Nc1cc(F)c(C(=O)OCCCCO)cc1F. The van der Waals surface area contributed by atoms with Gasteiger partial charge in [-0.15, -0.1) is 0 Å². The van der Waals surface area contributed by atoms with E-state index in [1.54, 1.807) is 0 Å². The Balaban J connectivity index is 2.66. The summed E-state index contributed by atoms with van der Waals surface area (Å²) in [5.74, 6) is -2.73. The minimum atomic E-state index is -0.945. The van der Waals surface area contributed by atoms with Crippen LogP contribution in [-0.4, -0.2) is 24.3 Å². The maximum atomic E-state index is 13.3. The van der Waals surface area contributed by atoms with Gasteiger partial charge in [0.25, 0.3) is 0 Å². The number of benzene rings is 1. The molecule has 0 aliphatic rings. The Bertz CT molecular complexity index is 410. The van der Waals surface area contributed by atoms with Crippen LogP contribution in [0.2, 0.25) is 0 Å². The second kappa shape index (κ2) is 6.15. The maximum absolute atomic E-state index is 13.3. The Hall–Kier alpha value is -1.69. The minimum Gasteiger partial charge on any atom is -0.462 e. The van der Waals surface area contributed by atoms with Gasteiger partial charge in [0.2, 0.25) is 0 Å². The molecule has 0 bridgehead atoms. The summed E-state index contributed by atoms with van der Waals surface area (Å²) in [6.45, 7) is 0.0350. The van der Waals surface area contributed by atoms with Gasteiger partial charge >= 0.3 is 5.97 Å². The summed E-state index contributed by atoms with van der Waals surface area (Å²) in [5.41, 5.74) is 4.29. The van der Waals surface area contributed by atoms with Crippen LogP contribution in [0.1, 0.15) is 23.2 Å². The smallest absolute Gasteiger partial charge is 0.341 e. The summed E-state index contributed by atoms with van der Waals surface area (Å²) in [5, 5.41) is 8.50. The van der Waals surface area contributed by atoms with E-state index < -0.39 is 23.2 Å². The van der Waals surface area contributed by atoms with E-state index in [9.17, 15) is 13.6 Å². The molecule has 1 rings (SSSR count). The number of rotatable bonds is 5. The van der Waals surface area contributed by atoms with Crippen LogP contribution in [0.25, 0.3) is 0 Å². The number of carbonyl (C=O) groups excluding carboxylic acids is 1. The van der Waals surface area contributed by atoms with Gasteiger partial charge in [-0.2, -0.15) is 0 Å². The Morgan fingerprint density at radius 3 is 2.65 bits per heavy atom. The number of carbonyl (C=O) groups is 1. The number of nitrogen functional groups attached to an aromatic ring is 1.